The second-order valence-electron chi connectivity index (χ2n) is 4.79. The van der Waals surface area contributed by atoms with E-state index in [0.717, 1.165) is 45.6 Å². The van der Waals surface area contributed by atoms with E-state index in [0.29, 0.717) is 0 Å². The van der Waals surface area contributed by atoms with Crippen molar-refractivity contribution in [3.8, 4) is 0 Å². The zero-order valence-corrected chi connectivity index (χ0v) is 11.3. The van der Waals surface area contributed by atoms with Gasteiger partial charge in [0.1, 0.15) is 0 Å². The fraction of sp³-hybridized carbons (Fsp3) is 0.692. The number of ether oxygens (including phenoxy) is 1. The Balaban J connectivity index is 1.90. The summed E-state index contributed by atoms with van der Waals surface area (Å²) in [5, 5.41) is 2.14. The molecule has 96 valence electrons. The van der Waals surface area contributed by atoms with Gasteiger partial charge >= 0.3 is 0 Å². The van der Waals surface area contributed by atoms with Gasteiger partial charge in [-0.05, 0) is 37.8 Å². The largest absolute Gasteiger partial charge is 0.381 e. The first kappa shape index (κ1) is 13.0. The molecule has 0 unspecified atom stereocenters. The maximum atomic E-state index is 5.99. The lowest BCUT2D eigenvalue weighted by Gasteiger charge is -2.43. The SMILES string of the molecule is CN(CCc1cccs1)C1(CN)CCOCC1. The van der Waals surface area contributed by atoms with Crippen molar-refractivity contribution in [2.45, 2.75) is 24.8 Å². The van der Waals surface area contributed by atoms with Gasteiger partial charge < -0.3 is 10.5 Å². The van der Waals surface area contributed by atoms with Crippen molar-refractivity contribution < 1.29 is 4.74 Å². The van der Waals surface area contributed by atoms with Crippen LogP contribution in [0, 0.1) is 0 Å². The summed E-state index contributed by atoms with van der Waals surface area (Å²) in [6.07, 6.45) is 3.24. The van der Waals surface area contributed by atoms with Crippen molar-refractivity contribution in [3.05, 3.63) is 22.4 Å². The van der Waals surface area contributed by atoms with Crippen molar-refractivity contribution in [1.29, 1.82) is 0 Å². The normalized spacial score (nSPS) is 19.7. The molecule has 0 radical (unpaired) electrons. The van der Waals surface area contributed by atoms with Crippen LogP contribution < -0.4 is 5.73 Å². The highest BCUT2D eigenvalue weighted by atomic mass is 32.1. The molecule has 1 aromatic heterocycles. The molecule has 0 spiro atoms. The Hall–Kier alpha value is -0.420. The Morgan fingerprint density at radius 1 is 1.47 bits per heavy atom. The molecular weight excluding hydrogens is 232 g/mol. The maximum Gasteiger partial charge on any atom is 0.0484 e. The molecule has 4 heteroatoms. The summed E-state index contributed by atoms with van der Waals surface area (Å²) in [6.45, 7) is 3.51. The molecule has 0 bridgehead atoms. The second-order valence-corrected chi connectivity index (χ2v) is 5.82. The predicted molar refractivity (Wildman–Crippen MR) is 72.5 cm³/mol. The van der Waals surface area contributed by atoms with Gasteiger partial charge in [0.15, 0.2) is 0 Å². The maximum absolute atomic E-state index is 5.99. The number of hydrogen-bond donors (Lipinski definition) is 1. The molecule has 0 amide bonds. The zero-order valence-electron chi connectivity index (χ0n) is 10.5. The van der Waals surface area contributed by atoms with Crippen LogP contribution >= 0.6 is 11.3 Å². The third kappa shape index (κ3) is 3.07. The minimum Gasteiger partial charge on any atom is -0.381 e. The highest BCUT2D eigenvalue weighted by molar-refractivity contribution is 7.09. The van der Waals surface area contributed by atoms with Gasteiger partial charge in [-0.2, -0.15) is 0 Å². The summed E-state index contributed by atoms with van der Waals surface area (Å²) in [7, 11) is 2.20. The molecule has 0 saturated carbocycles. The molecule has 1 fully saturated rings. The van der Waals surface area contributed by atoms with Gasteiger partial charge in [0, 0.05) is 36.7 Å². The van der Waals surface area contributed by atoms with Crippen molar-refractivity contribution in [2.75, 3.05) is 33.4 Å². The van der Waals surface area contributed by atoms with Gasteiger partial charge in [-0.1, -0.05) is 6.07 Å². The summed E-state index contributed by atoms with van der Waals surface area (Å²) >= 11 is 1.84. The number of thiophene rings is 1. The van der Waals surface area contributed by atoms with Gasteiger partial charge in [-0.25, -0.2) is 0 Å². The van der Waals surface area contributed by atoms with Crippen LogP contribution in [0.5, 0.6) is 0 Å². The average molecular weight is 254 g/mol. The molecule has 2 N–H and O–H groups in total. The van der Waals surface area contributed by atoms with E-state index in [1.165, 1.54) is 4.88 Å². The topological polar surface area (TPSA) is 38.5 Å². The Morgan fingerprint density at radius 3 is 2.82 bits per heavy atom. The molecule has 1 aliphatic heterocycles. The van der Waals surface area contributed by atoms with E-state index in [-0.39, 0.29) is 5.54 Å². The molecule has 0 aliphatic carbocycles. The zero-order chi connectivity index (χ0) is 12.1. The summed E-state index contributed by atoms with van der Waals surface area (Å²) in [4.78, 5) is 3.89. The third-order valence-electron chi connectivity index (χ3n) is 3.89. The minimum atomic E-state index is 0.162. The van der Waals surface area contributed by atoms with Crippen LogP contribution in [0.25, 0.3) is 0 Å². The quantitative estimate of drug-likeness (QED) is 0.869. The van der Waals surface area contributed by atoms with Crippen molar-refractivity contribution >= 4 is 11.3 Å². The van der Waals surface area contributed by atoms with Crippen molar-refractivity contribution in [2.24, 2.45) is 5.73 Å². The predicted octanol–water partition coefficient (Wildman–Crippen LogP) is 1.73. The first-order valence-corrected chi connectivity index (χ1v) is 7.16. The van der Waals surface area contributed by atoms with E-state index < -0.39 is 0 Å². The second kappa shape index (κ2) is 5.96. The highest BCUT2D eigenvalue weighted by Gasteiger charge is 2.34. The van der Waals surface area contributed by atoms with Gasteiger partial charge in [0.25, 0.3) is 0 Å². The van der Waals surface area contributed by atoms with E-state index >= 15 is 0 Å². The van der Waals surface area contributed by atoms with Crippen LogP contribution in [0.3, 0.4) is 0 Å². The number of rotatable bonds is 5. The Labute approximate surface area is 108 Å². The molecule has 2 heterocycles. The lowest BCUT2D eigenvalue weighted by atomic mass is 9.88. The van der Waals surface area contributed by atoms with Crippen LogP contribution in [-0.4, -0.2) is 43.8 Å². The molecule has 0 aromatic carbocycles. The number of hydrogen-bond acceptors (Lipinski definition) is 4. The van der Waals surface area contributed by atoms with Gasteiger partial charge in [0.2, 0.25) is 0 Å². The van der Waals surface area contributed by atoms with Gasteiger partial charge in [-0.15, -0.1) is 11.3 Å². The fourth-order valence-corrected chi connectivity index (χ4v) is 3.16. The van der Waals surface area contributed by atoms with Gasteiger partial charge in [0.05, 0.1) is 0 Å². The first-order valence-electron chi connectivity index (χ1n) is 6.28. The molecule has 0 atom stereocenters. The lowest BCUT2D eigenvalue weighted by Crippen LogP contribution is -2.55. The van der Waals surface area contributed by atoms with Crippen molar-refractivity contribution in [3.63, 3.8) is 0 Å². The molecule has 1 aliphatic rings. The number of nitrogens with zero attached hydrogens (tertiary/aromatic N) is 1. The Morgan fingerprint density at radius 2 is 2.24 bits per heavy atom. The molecule has 1 saturated heterocycles. The smallest absolute Gasteiger partial charge is 0.0484 e. The Kier molecular flexibility index (Phi) is 4.56. The summed E-state index contributed by atoms with van der Waals surface area (Å²) in [6, 6.07) is 4.32. The summed E-state index contributed by atoms with van der Waals surface area (Å²) in [5.41, 5.74) is 6.16. The van der Waals surface area contributed by atoms with Crippen LogP contribution in [-0.2, 0) is 11.2 Å². The molecule has 1 aromatic rings. The van der Waals surface area contributed by atoms with E-state index in [2.05, 4.69) is 29.5 Å². The fourth-order valence-electron chi connectivity index (χ4n) is 2.46. The van der Waals surface area contributed by atoms with E-state index in [1.54, 1.807) is 0 Å². The highest BCUT2D eigenvalue weighted by Crippen LogP contribution is 2.26. The van der Waals surface area contributed by atoms with E-state index in [1.807, 2.05) is 11.3 Å². The molecular formula is C13H22N2OS. The summed E-state index contributed by atoms with van der Waals surface area (Å²) < 4.78 is 5.45. The number of likely N-dealkylation sites (N-methyl/N-ethyl adjacent to an activating group) is 1. The Bertz CT molecular complexity index is 320. The van der Waals surface area contributed by atoms with Gasteiger partial charge in [-0.3, -0.25) is 4.90 Å². The average Bonchev–Trinajstić information content (AvgIpc) is 2.90. The molecule has 3 nitrogen and oxygen atoms in total. The third-order valence-corrected chi connectivity index (χ3v) is 4.82. The summed E-state index contributed by atoms with van der Waals surface area (Å²) in [5.74, 6) is 0. The molecule has 17 heavy (non-hydrogen) atoms. The van der Waals surface area contributed by atoms with E-state index in [9.17, 15) is 0 Å². The first-order chi connectivity index (χ1) is 8.27. The number of nitrogens with two attached hydrogens (primary N) is 1. The van der Waals surface area contributed by atoms with Crippen LogP contribution in [0.1, 0.15) is 17.7 Å². The standard InChI is InChI=1S/C13H22N2OS/c1-15(7-4-12-3-2-10-17-12)13(11-14)5-8-16-9-6-13/h2-3,10H,4-9,11,14H2,1H3. The molecule has 2 rings (SSSR count). The monoisotopic (exact) mass is 254 g/mol. The van der Waals surface area contributed by atoms with Crippen LogP contribution in [0.15, 0.2) is 17.5 Å². The van der Waals surface area contributed by atoms with Crippen molar-refractivity contribution in [1.82, 2.24) is 4.90 Å². The van der Waals surface area contributed by atoms with Crippen LogP contribution in [0.2, 0.25) is 0 Å². The van der Waals surface area contributed by atoms with E-state index in [4.69, 9.17) is 10.5 Å². The van der Waals surface area contributed by atoms with Crippen LogP contribution in [0.4, 0.5) is 0 Å². The minimum absolute atomic E-state index is 0.162. The lowest BCUT2D eigenvalue weighted by molar-refractivity contribution is -0.0124.